The number of pyridine rings is 2. The number of halogens is 3. The van der Waals surface area contributed by atoms with Crippen LogP contribution in [0.5, 0.6) is 11.5 Å². The van der Waals surface area contributed by atoms with E-state index in [0.29, 0.717) is 62.8 Å². The number of carboxylic acid groups (broad SMARTS) is 1. The van der Waals surface area contributed by atoms with Gasteiger partial charge in [0.25, 0.3) is 0 Å². The first-order valence-corrected chi connectivity index (χ1v) is 17.5. The summed E-state index contributed by atoms with van der Waals surface area (Å²) in [5.41, 5.74) is 2.35. The summed E-state index contributed by atoms with van der Waals surface area (Å²) < 4.78 is 25.0. The molecule has 1 atom stereocenters. The maximum Gasteiger partial charge on any atom is 0.354 e. The molecule has 4 aliphatic rings. The number of nitrogens with zero attached hydrogens (tertiary/aromatic N) is 3. The predicted octanol–water partition coefficient (Wildman–Crippen LogP) is 8.08. The summed E-state index contributed by atoms with van der Waals surface area (Å²) in [4.78, 5) is 20.1. The fraction of sp³-hybridized carbons (Fsp3) is 0.486. The van der Waals surface area contributed by atoms with E-state index in [1.807, 2.05) is 12.1 Å². The average molecular weight is 717 g/mol. The molecule has 13 heteroatoms. The van der Waals surface area contributed by atoms with Gasteiger partial charge in [0, 0.05) is 58.1 Å². The van der Waals surface area contributed by atoms with E-state index < -0.39 is 5.97 Å². The Morgan fingerprint density at radius 1 is 1.04 bits per heavy atom. The third kappa shape index (κ3) is 6.70. The molecule has 254 valence electrons. The Hall–Kier alpha value is -3.15. The molecule has 1 unspecified atom stereocenters. The molecule has 3 aromatic heterocycles. The topological polar surface area (TPSA) is 137 Å². The number of hydrogen-bond acceptors (Lipinski definition) is 9. The van der Waals surface area contributed by atoms with Crippen LogP contribution in [-0.4, -0.2) is 62.6 Å². The van der Waals surface area contributed by atoms with Crippen molar-refractivity contribution in [3.63, 3.8) is 0 Å². The van der Waals surface area contributed by atoms with E-state index in [1.165, 1.54) is 6.07 Å². The number of rotatable bonds is 14. The van der Waals surface area contributed by atoms with Crippen LogP contribution in [0.15, 0.2) is 41.2 Å². The van der Waals surface area contributed by atoms with Gasteiger partial charge in [0.2, 0.25) is 0 Å². The lowest BCUT2D eigenvalue weighted by Crippen LogP contribution is -2.49. The van der Waals surface area contributed by atoms with Crippen LogP contribution in [0.1, 0.15) is 79.1 Å². The minimum absolute atomic E-state index is 0.0408. The SMILES string of the molecule is O=C(O)c1cc(OCC(CO)CCl)c2cc(OCC34CCC(OCc5c(-c6c(Cl)cncc6Cl)noc5C5CC5)(CC3)CC4)ccc2n1. The van der Waals surface area contributed by atoms with Gasteiger partial charge in [0.05, 0.1) is 47.6 Å². The fourth-order valence-corrected chi connectivity index (χ4v) is 7.66. The zero-order valence-corrected chi connectivity index (χ0v) is 28.5. The second-order valence-electron chi connectivity index (χ2n) is 13.4. The number of carbonyl (C=O) groups is 1. The number of aromatic nitrogens is 3. The van der Waals surface area contributed by atoms with Gasteiger partial charge in [-0.05, 0) is 69.6 Å². The first kappa shape index (κ1) is 33.4. The lowest BCUT2D eigenvalue weighted by Gasteiger charge is -2.52. The quantitative estimate of drug-likeness (QED) is 0.123. The molecule has 4 saturated carbocycles. The average Bonchev–Trinajstić information content (AvgIpc) is 3.87. The summed E-state index contributed by atoms with van der Waals surface area (Å²) in [7, 11) is 0. The van der Waals surface area contributed by atoms with Crippen molar-refractivity contribution >= 4 is 51.7 Å². The molecule has 0 amide bonds. The van der Waals surface area contributed by atoms with Crippen LogP contribution in [-0.2, 0) is 11.3 Å². The second kappa shape index (κ2) is 13.6. The zero-order chi connectivity index (χ0) is 33.5. The highest BCUT2D eigenvalue weighted by molar-refractivity contribution is 6.38. The number of alkyl halides is 1. The van der Waals surface area contributed by atoms with Crippen LogP contribution < -0.4 is 9.47 Å². The molecule has 4 fully saturated rings. The summed E-state index contributed by atoms with van der Waals surface area (Å²) in [5, 5.41) is 25.0. The molecule has 8 rings (SSSR count). The maximum absolute atomic E-state index is 11.7. The van der Waals surface area contributed by atoms with E-state index in [0.717, 1.165) is 62.7 Å². The molecule has 2 bridgehead atoms. The lowest BCUT2D eigenvalue weighted by molar-refractivity contribution is -0.150. The molecule has 10 nitrogen and oxygen atoms in total. The number of aliphatic hydroxyl groups is 1. The Kier molecular flexibility index (Phi) is 9.47. The molecule has 4 aromatic rings. The number of aromatic carboxylic acids is 1. The van der Waals surface area contributed by atoms with Crippen LogP contribution >= 0.6 is 34.8 Å². The Bertz CT molecular complexity index is 1780. The first-order chi connectivity index (χ1) is 23.2. The summed E-state index contributed by atoms with van der Waals surface area (Å²) >= 11 is 18.9. The fourth-order valence-electron chi connectivity index (χ4n) is 6.93. The van der Waals surface area contributed by atoms with Gasteiger partial charge in [0.1, 0.15) is 23.0 Å². The Labute approximate surface area is 292 Å². The van der Waals surface area contributed by atoms with Gasteiger partial charge < -0.3 is 28.9 Å². The van der Waals surface area contributed by atoms with Crippen molar-refractivity contribution in [3.8, 4) is 22.8 Å². The standard InChI is InChI=1S/C35H36Cl3N3O7/c36-13-20(16-42)17-45-29-12-28(33(43)44)40-27-4-3-22(11-23(27)29)46-19-34-5-8-35(9-6-34,10-7-34)47-18-24-31(41-48-32(24)21-1-2-21)30-25(37)14-39-15-26(30)38/h3-4,11-12,14-15,20-21,42H,1-2,5-10,13,16-19H2,(H,43,44). The van der Waals surface area contributed by atoms with E-state index in [9.17, 15) is 15.0 Å². The summed E-state index contributed by atoms with van der Waals surface area (Å²) in [5.74, 6) is 1.00. The number of fused-ring (bicyclic) bond motifs is 4. The zero-order valence-electron chi connectivity index (χ0n) is 26.2. The van der Waals surface area contributed by atoms with Crippen molar-refractivity contribution in [2.75, 3.05) is 25.7 Å². The Balaban J connectivity index is 1.02. The second-order valence-corrected chi connectivity index (χ2v) is 14.5. The van der Waals surface area contributed by atoms with Crippen LogP contribution in [0.4, 0.5) is 0 Å². The smallest absolute Gasteiger partial charge is 0.354 e. The number of ether oxygens (including phenoxy) is 3. The van der Waals surface area contributed by atoms with Crippen molar-refractivity contribution in [1.82, 2.24) is 15.1 Å². The van der Waals surface area contributed by atoms with Gasteiger partial charge in [-0.25, -0.2) is 9.78 Å². The van der Waals surface area contributed by atoms with E-state index in [2.05, 4.69) is 15.1 Å². The Morgan fingerprint density at radius 3 is 2.42 bits per heavy atom. The summed E-state index contributed by atoms with van der Waals surface area (Å²) in [6, 6.07) is 6.79. The minimum Gasteiger partial charge on any atom is -0.493 e. The molecule has 0 aliphatic heterocycles. The van der Waals surface area contributed by atoms with E-state index in [1.54, 1.807) is 18.5 Å². The molecule has 4 aliphatic carbocycles. The van der Waals surface area contributed by atoms with Crippen molar-refractivity contribution in [2.24, 2.45) is 11.3 Å². The van der Waals surface area contributed by atoms with E-state index >= 15 is 0 Å². The van der Waals surface area contributed by atoms with Gasteiger partial charge in [-0.2, -0.15) is 0 Å². The third-order valence-electron chi connectivity index (χ3n) is 10.2. The van der Waals surface area contributed by atoms with Crippen LogP contribution in [0.25, 0.3) is 22.2 Å². The molecule has 1 aromatic carbocycles. The molecule has 2 N–H and O–H groups in total. The molecule has 0 saturated heterocycles. The van der Waals surface area contributed by atoms with Crippen molar-refractivity contribution in [2.45, 2.75) is 69.5 Å². The van der Waals surface area contributed by atoms with Gasteiger partial charge >= 0.3 is 5.97 Å². The van der Waals surface area contributed by atoms with Gasteiger partial charge in [-0.1, -0.05) is 28.4 Å². The van der Waals surface area contributed by atoms with Crippen LogP contribution in [0.3, 0.4) is 0 Å². The van der Waals surface area contributed by atoms with Gasteiger partial charge in [0.15, 0.2) is 5.69 Å². The van der Waals surface area contributed by atoms with Crippen LogP contribution in [0, 0.1) is 11.3 Å². The van der Waals surface area contributed by atoms with Gasteiger partial charge in [-0.3, -0.25) is 4.98 Å². The first-order valence-electron chi connectivity index (χ1n) is 16.2. The number of aliphatic hydroxyl groups excluding tert-OH is 1. The van der Waals surface area contributed by atoms with Crippen molar-refractivity contribution < 1.29 is 33.7 Å². The third-order valence-corrected chi connectivity index (χ3v) is 11.2. The maximum atomic E-state index is 11.7. The Morgan fingerprint density at radius 2 is 1.77 bits per heavy atom. The van der Waals surface area contributed by atoms with Crippen molar-refractivity contribution in [3.05, 3.63) is 63.7 Å². The molecule has 48 heavy (non-hydrogen) atoms. The van der Waals surface area contributed by atoms with E-state index in [-0.39, 0.29) is 41.7 Å². The highest BCUT2D eigenvalue weighted by Gasteiger charge is 2.50. The normalized spacial score (nSPS) is 22.6. The molecular weight excluding hydrogens is 681 g/mol. The largest absolute Gasteiger partial charge is 0.493 e. The number of carboxylic acids is 1. The monoisotopic (exact) mass is 715 g/mol. The highest BCUT2D eigenvalue weighted by atomic mass is 35.5. The molecule has 0 spiro atoms. The molecular formula is C35H36Cl3N3O7. The summed E-state index contributed by atoms with van der Waals surface area (Å²) in [6.45, 7) is 0.943. The van der Waals surface area contributed by atoms with E-state index in [4.69, 9.17) is 53.5 Å². The molecule has 3 heterocycles. The molecule has 0 radical (unpaired) electrons. The minimum atomic E-state index is -1.15. The summed E-state index contributed by atoms with van der Waals surface area (Å²) in [6.07, 6.45) is 11.0. The highest BCUT2D eigenvalue weighted by Crippen LogP contribution is 2.55. The van der Waals surface area contributed by atoms with Crippen molar-refractivity contribution in [1.29, 1.82) is 0 Å². The number of benzene rings is 1. The predicted molar refractivity (Wildman–Crippen MR) is 180 cm³/mol. The van der Waals surface area contributed by atoms with Gasteiger partial charge in [-0.15, -0.1) is 11.6 Å². The van der Waals surface area contributed by atoms with Crippen LogP contribution in [0.2, 0.25) is 10.0 Å². The number of hydrogen-bond donors (Lipinski definition) is 2. The lowest BCUT2D eigenvalue weighted by atomic mass is 9.59.